The number of fused-ring (bicyclic) bond motifs is 2. The third-order valence-electron chi connectivity index (χ3n) is 6.38. The predicted octanol–water partition coefficient (Wildman–Crippen LogP) is 4.57. The number of aryl methyl sites for hydroxylation is 1. The van der Waals surface area contributed by atoms with Gasteiger partial charge in [-0.15, -0.1) is 0 Å². The molecule has 1 aliphatic heterocycles. The Morgan fingerprint density at radius 3 is 2.71 bits per heavy atom. The largest absolute Gasteiger partial charge is 0.493 e. The highest BCUT2D eigenvalue weighted by Gasteiger charge is 2.42. The molecule has 0 N–H and O–H groups in total. The Kier molecular flexibility index (Phi) is 5.92. The monoisotopic (exact) mass is 460 g/mol. The standard InChI is InChI=1S/C27H24O7/c1-2-16-7-3-5-9-21(16)33-24-15-31-23-14-18(11-12-19(23)25(24)28)32-26(29)20-13-17-8-4-6-10-22(17)34-27(20)30/h3-10,13,15,18-19,23H,2,11-12,14H2,1H3. The van der Waals surface area contributed by atoms with Crippen molar-refractivity contribution in [2.75, 3.05) is 0 Å². The number of hydrogen-bond donors (Lipinski definition) is 0. The second kappa shape index (κ2) is 9.17. The summed E-state index contributed by atoms with van der Waals surface area (Å²) in [5.74, 6) is -0.382. The van der Waals surface area contributed by atoms with Crippen molar-refractivity contribution in [1.82, 2.24) is 0 Å². The number of hydrogen-bond acceptors (Lipinski definition) is 7. The minimum Gasteiger partial charge on any atom is -0.493 e. The van der Waals surface area contributed by atoms with Crippen LogP contribution in [0, 0.1) is 5.92 Å². The number of Topliss-reactive ketones (excluding diaryl/α,β-unsaturated/α-hetero) is 1. The maximum atomic E-state index is 13.0. The molecule has 7 heteroatoms. The Morgan fingerprint density at radius 1 is 1.06 bits per heavy atom. The smallest absolute Gasteiger partial charge is 0.351 e. The van der Waals surface area contributed by atoms with Gasteiger partial charge in [0, 0.05) is 11.8 Å². The molecule has 3 aromatic rings. The Labute approximate surface area is 195 Å². The highest BCUT2D eigenvalue weighted by atomic mass is 16.6. The van der Waals surface area contributed by atoms with Gasteiger partial charge in [-0.25, -0.2) is 9.59 Å². The van der Waals surface area contributed by atoms with Crippen LogP contribution in [0.3, 0.4) is 0 Å². The second-order valence-corrected chi connectivity index (χ2v) is 8.52. The quantitative estimate of drug-likeness (QED) is 0.407. The average molecular weight is 460 g/mol. The Bertz CT molecular complexity index is 1340. The Morgan fingerprint density at radius 2 is 1.85 bits per heavy atom. The molecule has 0 radical (unpaired) electrons. The average Bonchev–Trinajstić information content (AvgIpc) is 2.85. The van der Waals surface area contributed by atoms with Crippen molar-refractivity contribution in [3.63, 3.8) is 0 Å². The third kappa shape index (κ3) is 4.21. The van der Waals surface area contributed by atoms with Crippen molar-refractivity contribution in [3.8, 4) is 5.75 Å². The zero-order valence-corrected chi connectivity index (χ0v) is 18.7. The van der Waals surface area contributed by atoms with Crippen LogP contribution >= 0.6 is 0 Å². The fourth-order valence-corrected chi connectivity index (χ4v) is 4.55. The van der Waals surface area contributed by atoms with E-state index in [0.29, 0.717) is 36.0 Å². The van der Waals surface area contributed by atoms with E-state index in [2.05, 4.69) is 0 Å². The summed E-state index contributed by atoms with van der Waals surface area (Å²) >= 11 is 0. The van der Waals surface area contributed by atoms with Crippen LogP contribution in [0.25, 0.3) is 11.0 Å². The first kappa shape index (κ1) is 21.9. The van der Waals surface area contributed by atoms with Crippen molar-refractivity contribution in [3.05, 3.63) is 88.2 Å². The molecule has 7 nitrogen and oxygen atoms in total. The number of para-hydroxylation sites is 2. The molecule has 2 aliphatic rings. The number of allylic oxidation sites excluding steroid dienone is 1. The van der Waals surface area contributed by atoms with Gasteiger partial charge >= 0.3 is 11.6 Å². The van der Waals surface area contributed by atoms with Crippen LogP contribution in [0.4, 0.5) is 0 Å². The highest BCUT2D eigenvalue weighted by Crippen LogP contribution is 2.35. The molecule has 1 aliphatic carbocycles. The minimum atomic E-state index is -0.737. The summed E-state index contributed by atoms with van der Waals surface area (Å²) in [6, 6.07) is 16.0. The van der Waals surface area contributed by atoms with E-state index in [1.807, 2.05) is 31.2 Å². The van der Waals surface area contributed by atoms with Crippen molar-refractivity contribution in [1.29, 1.82) is 0 Å². The maximum absolute atomic E-state index is 13.0. The van der Waals surface area contributed by atoms with E-state index in [-0.39, 0.29) is 23.0 Å². The number of rotatable bonds is 5. The molecule has 0 bridgehead atoms. The molecule has 0 amide bonds. The molecule has 3 atom stereocenters. The van der Waals surface area contributed by atoms with Gasteiger partial charge in [0.2, 0.25) is 11.5 Å². The van der Waals surface area contributed by atoms with Crippen LogP contribution in [-0.2, 0) is 20.7 Å². The summed E-state index contributed by atoms with van der Waals surface area (Å²) in [7, 11) is 0. The van der Waals surface area contributed by atoms with E-state index in [9.17, 15) is 14.4 Å². The lowest BCUT2D eigenvalue weighted by atomic mass is 9.80. The van der Waals surface area contributed by atoms with Crippen LogP contribution in [0.2, 0.25) is 0 Å². The van der Waals surface area contributed by atoms with Gasteiger partial charge in [-0.1, -0.05) is 43.3 Å². The predicted molar refractivity (Wildman–Crippen MR) is 123 cm³/mol. The highest BCUT2D eigenvalue weighted by molar-refractivity contribution is 5.97. The van der Waals surface area contributed by atoms with Gasteiger partial charge in [0.25, 0.3) is 0 Å². The van der Waals surface area contributed by atoms with Gasteiger partial charge in [0.05, 0.1) is 5.92 Å². The fraction of sp³-hybridized carbons (Fsp3) is 0.296. The lowest BCUT2D eigenvalue weighted by Gasteiger charge is -2.36. The molecular formula is C27H24O7. The molecule has 0 spiro atoms. The molecule has 1 aromatic heterocycles. The van der Waals surface area contributed by atoms with E-state index in [1.165, 1.54) is 12.3 Å². The van der Waals surface area contributed by atoms with Crippen LogP contribution in [-0.4, -0.2) is 24.0 Å². The molecule has 34 heavy (non-hydrogen) atoms. The first-order valence-corrected chi connectivity index (χ1v) is 11.4. The van der Waals surface area contributed by atoms with E-state index >= 15 is 0 Å². The van der Waals surface area contributed by atoms with Gasteiger partial charge in [-0.2, -0.15) is 0 Å². The Hall–Kier alpha value is -3.87. The zero-order chi connectivity index (χ0) is 23.7. The molecule has 174 valence electrons. The normalized spacial score (nSPS) is 21.9. The van der Waals surface area contributed by atoms with Crippen molar-refractivity contribution in [2.24, 2.45) is 5.92 Å². The lowest BCUT2D eigenvalue weighted by molar-refractivity contribution is -0.132. The van der Waals surface area contributed by atoms with Crippen LogP contribution in [0.5, 0.6) is 5.75 Å². The van der Waals surface area contributed by atoms with Crippen molar-refractivity contribution in [2.45, 2.75) is 44.8 Å². The van der Waals surface area contributed by atoms with Crippen LogP contribution in [0.15, 0.2) is 75.8 Å². The van der Waals surface area contributed by atoms with Gasteiger partial charge in [-0.05, 0) is 43.0 Å². The summed E-state index contributed by atoms with van der Waals surface area (Å²) in [6.07, 6.45) is 2.59. The SMILES string of the molecule is CCc1ccccc1OC1=COC2CC(OC(=O)c3cc4ccccc4oc3=O)CCC2C1=O. The molecule has 0 saturated heterocycles. The van der Waals surface area contributed by atoms with Gasteiger partial charge in [0.15, 0.2) is 0 Å². The lowest BCUT2D eigenvalue weighted by Crippen LogP contribution is -2.43. The first-order valence-electron chi connectivity index (χ1n) is 11.4. The van der Waals surface area contributed by atoms with E-state index in [0.717, 1.165) is 12.0 Å². The van der Waals surface area contributed by atoms with Gasteiger partial charge in [-0.3, -0.25) is 4.79 Å². The van der Waals surface area contributed by atoms with Crippen molar-refractivity contribution >= 4 is 22.7 Å². The fourth-order valence-electron chi connectivity index (χ4n) is 4.55. The number of carbonyl (C=O) groups excluding carboxylic acids is 2. The van der Waals surface area contributed by atoms with E-state index < -0.39 is 23.8 Å². The van der Waals surface area contributed by atoms with Crippen LogP contribution < -0.4 is 10.4 Å². The van der Waals surface area contributed by atoms with Gasteiger partial charge < -0.3 is 18.6 Å². The first-order chi connectivity index (χ1) is 16.5. The van der Waals surface area contributed by atoms with Crippen molar-refractivity contribution < 1.29 is 28.2 Å². The zero-order valence-electron chi connectivity index (χ0n) is 18.7. The molecule has 5 rings (SSSR count). The number of esters is 1. The van der Waals surface area contributed by atoms with Crippen LogP contribution in [0.1, 0.15) is 42.1 Å². The molecule has 2 heterocycles. The van der Waals surface area contributed by atoms with E-state index in [1.54, 1.807) is 24.3 Å². The number of carbonyl (C=O) groups is 2. The number of ether oxygens (including phenoxy) is 3. The second-order valence-electron chi connectivity index (χ2n) is 8.52. The summed E-state index contributed by atoms with van der Waals surface area (Å²) in [6.45, 7) is 2.02. The summed E-state index contributed by atoms with van der Waals surface area (Å²) in [4.78, 5) is 38.0. The molecule has 1 fully saturated rings. The summed E-state index contributed by atoms with van der Waals surface area (Å²) in [5.41, 5.74) is 0.530. The molecule has 3 unspecified atom stereocenters. The minimum absolute atomic E-state index is 0.109. The topological polar surface area (TPSA) is 92.0 Å². The van der Waals surface area contributed by atoms with E-state index in [4.69, 9.17) is 18.6 Å². The Balaban J connectivity index is 1.26. The molecule has 2 aromatic carbocycles. The summed E-state index contributed by atoms with van der Waals surface area (Å²) < 4.78 is 22.6. The number of benzene rings is 2. The molecule has 1 saturated carbocycles. The maximum Gasteiger partial charge on any atom is 0.351 e. The molecular weight excluding hydrogens is 436 g/mol. The third-order valence-corrected chi connectivity index (χ3v) is 6.38. The summed E-state index contributed by atoms with van der Waals surface area (Å²) in [5, 5.41) is 0.640. The van der Waals surface area contributed by atoms with Gasteiger partial charge in [0.1, 0.15) is 35.4 Å². The number of ketones is 1.